The largest absolute Gasteiger partial charge is 0.126 e. The Labute approximate surface area is 98.7 Å². The lowest BCUT2D eigenvalue weighted by Crippen LogP contribution is -2.02. The van der Waals surface area contributed by atoms with Crippen LogP contribution in [0.3, 0.4) is 0 Å². The minimum atomic E-state index is 0.541. The van der Waals surface area contributed by atoms with Crippen molar-refractivity contribution in [2.24, 2.45) is 0 Å². The third kappa shape index (κ3) is 3.87. The maximum Gasteiger partial charge on any atom is 0.0292 e. The molecule has 1 heteroatoms. The Hall–Kier alpha value is -0.490. The van der Waals surface area contributed by atoms with Gasteiger partial charge in [-0.05, 0) is 30.4 Å². The van der Waals surface area contributed by atoms with Crippen LogP contribution >= 0.6 is 11.6 Å². The molecular weight excluding hydrogens is 204 g/mol. The quantitative estimate of drug-likeness (QED) is 0.476. The fourth-order valence-corrected chi connectivity index (χ4v) is 2.32. The lowest BCUT2D eigenvalue weighted by atomic mass is 9.92. The summed E-state index contributed by atoms with van der Waals surface area (Å²) >= 11 is 6.05. The smallest absolute Gasteiger partial charge is 0.0292 e. The summed E-state index contributed by atoms with van der Waals surface area (Å²) < 4.78 is 0. The minimum absolute atomic E-state index is 0.541. The van der Waals surface area contributed by atoms with Crippen LogP contribution in [0.5, 0.6) is 0 Å². The number of rotatable bonds is 6. The molecular formula is C14H21Cl. The molecule has 0 heterocycles. The molecule has 1 aromatic carbocycles. The van der Waals surface area contributed by atoms with E-state index >= 15 is 0 Å². The second-order valence-corrected chi connectivity index (χ2v) is 4.51. The molecule has 1 rings (SSSR count). The van der Waals surface area contributed by atoms with Crippen molar-refractivity contribution < 1.29 is 0 Å². The first-order valence-electron chi connectivity index (χ1n) is 5.91. The molecule has 0 N–H and O–H groups in total. The van der Waals surface area contributed by atoms with Crippen LogP contribution in [0.25, 0.3) is 0 Å². The zero-order valence-corrected chi connectivity index (χ0v) is 10.6. The summed E-state index contributed by atoms with van der Waals surface area (Å²) in [6.45, 7) is 4.41. The molecule has 0 aromatic heterocycles. The van der Waals surface area contributed by atoms with Crippen LogP contribution in [-0.2, 0) is 0 Å². The van der Waals surface area contributed by atoms with E-state index in [-0.39, 0.29) is 0 Å². The summed E-state index contributed by atoms with van der Waals surface area (Å²) in [6.07, 6.45) is 5.12. The van der Waals surface area contributed by atoms with Crippen molar-refractivity contribution in [2.45, 2.75) is 45.4 Å². The third-order valence-electron chi connectivity index (χ3n) is 2.97. The second-order valence-electron chi connectivity index (χ2n) is 4.20. The summed E-state index contributed by atoms with van der Waals surface area (Å²) in [4.78, 5) is 0. The highest BCUT2D eigenvalue weighted by Crippen LogP contribution is 2.26. The lowest BCUT2D eigenvalue weighted by Gasteiger charge is -2.16. The molecule has 1 unspecified atom stereocenters. The fourth-order valence-electron chi connectivity index (χ4n) is 2.00. The zero-order valence-electron chi connectivity index (χ0n) is 9.80. The van der Waals surface area contributed by atoms with Gasteiger partial charge in [0.25, 0.3) is 0 Å². The van der Waals surface area contributed by atoms with Crippen molar-refractivity contribution >= 4 is 11.6 Å². The predicted molar refractivity (Wildman–Crippen MR) is 68.8 cm³/mol. The van der Waals surface area contributed by atoms with E-state index in [1.54, 1.807) is 0 Å². The van der Waals surface area contributed by atoms with Gasteiger partial charge in [0.1, 0.15) is 0 Å². The number of hydrogen-bond donors (Lipinski definition) is 0. The molecule has 0 fully saturated rings. The number of unbranched alkanes of at least 4 members (excludes halogenated alkanes) is 2. The standard InChI is InChI=1S/C14H21Cl/c1-3-4-5-9-13(11-15)14-10-7-6-8-12(14)2/h6-8,10,13H,3-5,9,11H2,1-2H3. The molecule has 0 aliphatic carbocycles. The molecule has 0 saturated heterocycles. The van der Waals surface area contributed by atoms with Crippen LogP contribution in [-0.4, -0.2) is 5.88 Å². The van der Waals surface area contributed by atoms with Gasteiger partial charge in [-0.3, -0.25) is 0 Å². The van der Waals surface area contributed by atoms with Gasteiger partial charge in [-0.25, -0.2) is 0 Å². The third-order valence-corrected chi connectivity index (χ3v) is 3.34. The monoisotopic (exact) mass is 224 g/mol. The number of aryl methyl sites for hydroxylation is 1. The summed E-state index contributed by atoms with van der Waals surface area (Å²) in [7, 11) is 0. The van der Waals surface area contributed by atoms with Crippen LogP contribution < -0.4 is 0 Å². The minimum Gasteiger partial charge on any atom is -0.126 e. The zero-order chi connectivity index (χ0) is 11.1. The molecule has 0 radical (unpaired) electrons. The van der Waals surface area contributed by atoms with Gasteiger partial charge in [0, 0.05) is 5.88 Å². The van der Waals surface area contributed by atoms with E-state index in [9.17, 15) is 0 Å². The van der Waals surface area contributed by atoms with Gasteiger partial charge in [-0.15, -0.1) is 11.6 Å². The highest BCUT2D eigenvalue weighted by Gasteiger charge is 2.11. The first-order chi connectivity index (χ1) is 7.29. The molecule has 0 aliphatic rings. The van der Waals surface area contributed by atoms with Crippen LogP contribution in [0.1, 0.15) is 49.7 Å². The van der Waals surface area contributed by atoms with Gasteiger partial charge in [0.05, 0.1) is 0 Å². The highest BCUT2D eigenvalue weighted by molar-refractivity contribution is 6.18. The van der Waals surface area contributed by atoms with Gasteiger partial charge in [-0.2, -0.15) is 0 Å². The van der Waals surface area contributed by atoms with E-state index in [0.717, 1.165) is 5.88 Å². The number of hydrogen-bond acceptors (Lipinski definition) is 0. The summed E-state index contributed by atoms with van der Waals surface area (Å²) in [5, 5.41) is 0. The maximum atomic E-state index is 6.05. The first kappa shape index (κ1) is 12.6. The van der Waals surface area contributed by atoms with Crippen molar-refractivity contribution in [3.8, 4) is 0 Å². The van der Waals surface area contributed by atoms with Crippen LogP contribution in [0, 0.1) is 6.92 Å². The summed E-state index contributed by atoms with van der Waals surface area (Å²) in [5.74, 6) is 1.29. The van der Waals surface area contributed by atoms with E-state index in [0.29, 0.717) is 5.92 Å². The van der Waals surface area contributed by atoms with Gasteiger partial charge < -0.3 is 0 Å². The molecule has 15 heavy (non-hydrogen) atoms. The number of benzene rings is 1. The average molecular weight is 225 g/mol. The lowest BCUT2D eigenvalue weighted by molar-refractivity contribution is 0.599. The van der Waals surface area contributed by atoms with Crippen molar-refractivity contribution in [3.05, 3.63) is 35.4 Å². The van der Waals surface area contributed by atoms with Gasteiger partial charge >= 0.3 is 0 Å². The fraction of sp³-hybridized carbons (Fsp3) is 0.571. The molecule has 0 bridgehead atoms. The Balaban J connectivity index is 2.61. The Morgan fingerprint density at radius 3 is 2.53 bits per heavy atom. The average Bonchev–Trinajstić information content (AvgIpc) is 2.26. The number of alkyl halides is 1. The highest BCUT2D eigenvalue weighted by atomic mass is 35.5. The molecule has 0 aliphatic heterocycles. The Morgan fingerprint density at radius 1 is 1.20 bits per heavy atom. The van der Waals surface area contributed by atoms with Crippen LogP contribution in [0.15, 0.2) is 24.3 Å². The SMILES string of the molecule is CCCCCC(CCl)c1ccccc1C. The Kier molecular flexibility index (Phi) is 5.78. The van der Waals surface area contributed by atoms with Gasteiger partial charge in [0.15, 0.2) is 0 Å². The van der Waals surface area contributed by atoms with E-state index in [4.69, 9.17) is 11.6 Å². The van der Waals surface area contributed by atoms with E-state index in [1.165, 1.54) is 36.8 Å². The second kappa shape index (κ2) is 6.90. The molecule has 1 aromatic rings. The summed E-state index contributed by atoms with van der Waals surface area (Å²) in [5.41, 5.74) is 2.81. The van der Waals surface area contributed by atoms with Gasteiger partial charge in [0.2, 0.25) is 0 Å². The van der Waals surface area contributed by atoms with Crippen molar-refractivity contribution in [2.75, 3.05) is 5.88 Å². The Bertz CT molecular complexity index is 280. The first-order valence-corrected chi connectivity index (χ1v) is 6.44. The van der Waals surface area contributed by atoms with E-state index in [1.807, 2.05) is 0 Å². The van der Waals surface area contributed by atoms with E-state index < -0.39 is 0 Å². The number of halogens is 1. The van der Waals surface area contributed by atoms with Crippen molar-refractivity contribution in [1.29, 1.82) is 0 Å². The molecule has 84 valence electrons. The molecule has 0 nitrogen and oxygen atoms in total. The maximum absolute atomic E-state index is 6.05. The Morgan fingerprint density at radius 2 is 1.93 bits per heavy atom. The molecule has 1 atom stereocenters. The molecule has 0 spiro atoms. The predicted octanol–water partition coefficient (Wildman–Crippen LogP) is 4.90. The van der Waals surface area contributed by atoms with Crippen LogP contribution in [0.4, 0.5) is 0 Å². The molecule has 0 amide bonds. The van der Waals surface area contributed by atoms with Gasteiger partial charge in [-0.1, -0.05) is 50.5 Å². The normalized spacial score (nSPS) is 12.7. The van der Waals surface area contributed by atoms with Crippen molar-refractivity contribution in [3.63, 3.8) is 0 Å². The molecule has 0 saturated carbocycles. The summed E-state index contributed by atoms with van der Waals surface area (Å²) in [6, 6.07) is 8.60. The topological polar surface area (TPSA) is 0 Å². The van der Waals surface area contributed by atoms with Crippen molar-refractivity contribution in [1.82, 2.24) is 0 Å². The van der Waals surface area contributed by atoms with E-state index in [2.05, 4.69) is 38.1 Å². The van der Waals surface area contributed by atoms with Crippen LogP contribution in [0.2, 0.25) is 0 Å².